The highest BCUT2D eigenvalue weighted by atomic mass is 31.2. The number of nitrogens with two attached hydrogens (primary N) is 2. The van der Waals surface area contributed by atoms with Gasteiger partial charge < -0.3 is 9.79 Å². The van der Waals surface area contributed by atoms with Crippen molar-refractivity contribution < 1.29 is 23.7 Å². The second-order valence-electron chi connectivity index (χ2n) is 7.82. The van der Waals surface area contributed by atoms with Crippen molar-refractivity contribution in [3.8, 4) is 0 Å². The van der Waals surface area contributed by atoms with Gasteiger partial charge in [0, 0.05) is 12.8 Å². The number of carbonyl (C=O) groups excluding carboxylic acids is 1. The van der Waals surface area contributed by atoms with E-state index in [1.54, 1.807) is 27.7 Å². The van der Waals surface area contributed by atoms with Crippen LogP contribution in [0, 0.1) is 0 Å². The molecule has 0 radical (unpaired) electrons. The Morgan fingerprint density at radius 3 is 1.33 bits per heavy atom. The van der Waals surface area contributed by atoms with Crippen LogP contribution < -0.4 is 11.0 Å². The minimum atomic E-state index is -3.62. The van der Waals surface area contributed by atoms with Crippen LogP contribution in [0.2, 0.25) is 0 Å². The smallest absolute Gasteiger partial charge is 0.270 e. The van der Waals surface area contributed by atoms with Gasteiger partial charge in [-0.25, -0.2) is 0 Å². The van der Waals surface area contributed by atoms with E-state index in [0.717, 1.165) is 0 Å². The number of rotatable bonds is 12. The highest BCUT2D eigenvalue weighted by molar-refractivity contribution is 7.57. The van der Waals surface area contributed by atoms with E-state index in [-0.39, 0.29) is 5.78 Å². The lowest BCUT2D eigenvalue weighted by molar-refractivity contribution is -0.119. The second kappa shape index (κ2) is 9.07. The lowest BCUT2D eigenvalue weighted by Crippen LogP contribution is -2.24. The average Bonchev–Trinajstić information content (AvgIpc) is 2.37. The van der Waals surface area contributed by atoms with Gasteiger partial charge in [0.25, 0.3) is 15.0 Å². The third kappa shape index (κ3) is 8.37. The van der Waals surface area contributed by atoms with E-state index >= 15 is 0 Å². The van der Waals surface area contributed by atoms with Crippen molar-refractivity contribution in [2.24, 2.45) is 11.0 Å². The summed E-state index contributed by atoms with van der Waals surface area (Å²) in [7, 11) is -7.25. The van der Waals surface area contributed by atoms with Crippen LogP contribution in [0.1, 0.15) is 79.1 Å². The minimum Gasteiger partial charge on any atom is -0.333 e. The lowest BCUT2D eigenvalue weighted by Gasteiger charge is -2.27. The van der Waals surface area contributed by atoms with Crippen molar-refractivity contribution in [2.75, 3.05) is 0 Å². The monoisotopic (exact) mass is 384 g/mol. The van der Waals surface area contributed by atoms with Gasteiger partial charge in [-0.2, -0.15) is 0 Å². The lowest BCUT2D eigenvalue weighted by atomic mass is 10.00. The highest BCUT2D eigenvalue weighted by Crippen LogP contribution is 2.50. The summed E-state index contributed by atoms with van der Waals surface area (Å²) in [4.78, 5) is 30.7. The molecule has 0 fully saturated rings. The van der Waals surface area contributed by atoms with E-state index in [0.29, 0.717) is 51.4 Å². The fourth-order valence-corrected chi connectivity index (χ4v) is 3.16. The average molecular weight is 384 g/mol. The Hall–Kier alpha value is -0.0300. The van der Waals surface area contributed by atoms with Crippen LogP contribution in [-0.4, -0.2) is 25.9 Å². The van der Waals surface area contributed by atoms with Crippen molar-refractivity contribution in [3.05, 3.63) is 0 Å². The summed E-state index contributed by atoms with van der Waals surface area (Å²) in [6.07, 6.45) is 4.57. The molecule has 0 amide bonds. The fourth-order valence-electron chi connectivity index (χ4n) is 2.20. The first-order valence-corrected chi connectivity index (χ1v) is 11.8. The molecule has 0 aromatic heterocycles. The summed E-state index contributed by atoms with van der Waals surface area (Å²) >= 11 is 0. The first-order valence-electron chi connectivity index (χ1n) is 8.35. The number of hydrogen-bond donors (Lipinski definition) is 4. The first-order chi connectivity index (χ1) is 10.6. The quantitative estimate of drug-likeness (QED) is 0.298. The third-order valence-electron chi connectivity index (χ3n) is 4.72. The Morgan fingerprint density at radius 2 is 1.08 bits per heavy atom. The van der Waals surface area contributed by atoms with E-state index in [2.05, 4.69) is 0 Å². The van der Waals surface area contributed by atoms with Crippen molar-refractivity contribution in [3.63, 3.8) is 0 Å². The molecule has 9 heteroatoms. The van der Waals surface area contributed by atoms with E-state index in [4.69, 9.17) is 11.0 Å². The van der Waals surface area contributed by atoms with Crippen LogP contribution in [0.25, 0.3) is 0 Å². The van der Waals surface area contributed by atoms with E-state index in [9.17, 15) is 23.7 Å². The highest BCUT2D eigenvalue weighted by Gasteiger charge is 2.35. The summed E-state index contributed by atoms with van der Waals surface area (Å²) in [6, 6.07) is 0. The zero-order chi connectivity index (χ0) is 19.2. The number of hydrogen-bond acceptors (Lipinski definition) is 3. The van der Waals surface area contributed by atoms with Crippen molar-refractivity contribution in [2.45, 2.75) is 89.4 Å². The molecule has 0 heterocycles. The molecule has 6 N–H and O–H groups in total. The number of Topliss-reactive ketones (excluding diaryl/α,β-unsaturated/α-hetero) is 1. The Labute approximate surface area is 145 Å². The Bertz CT molecular complexity index is 464. The number of unbranched alkanes of at least 4 members (excludes halogenated alkanes) is 2. The minimum absolute atomic E-state index is 0.144. The molecule has 0 aliphatic rings. The van der Waals surface area contributed by atoms with Crippen molar-refractivity contribution >= 4 is 20.8 Å². The first kappa shape index (κ1) is 24.0. The molecule has 0 aromatic carbocycles. The summed E-state index contributed by atoms with van der Waals surface area (Å²) in [5, 5.41) is -1.66. The molecule has 0 saturated carbocycles. The Morgan fingerprint density at radius 1 is 0.792 bits per heavy atom. The molecule has 144 valence electrons. The van der Waals surface area contributed by atoms with E-state index < -0.39 is 25.4 Å². The molecular formula is C15H34N2O5P2. The molecule has 0 saturated heterocycles. The predicted molar refractivity (Wildman–Crippen MR) is 98.1 cm³/mol. The van der Waals surface area contributed by atoms with Crippen LogP contribution in [0.5, 0.6) is 0 Å². The summed E-state index contributed by atoms with van der Waals surface area (Å²) in [6.45, 7) is 6.65. The van der Waals surface area contributed by atoms with Crippen LogP contribution in [-0.2, 0) is 13.9 Å². The standard InChI is InChI=1S/C15H34N2O5P2/c1-14(2,23(16,19)20)11-7-5-9-13(18)10-6-8-12-15(3,4)24(17,21)22/h5-12H2,1-4H3,(H3,16,19,20)(H3,17,21,22). The molecule has 0 aromatic rings. The molecule has 7 nitrogen and oxygen atoms in total. The number of carbonyl (C=O) groups is 1. The molecular weight excluding hydrogens is 350 g/mol. The van der Waals surface area contributed by atoms with Crippen molar-refractivity contribution in [1.29, 1.82) is 0 Å². The normalized spacial score (nSPS) is 18.0. The number of ketones is 1. The molecule has 0 aliphatic heterocycles. The van der Waals surface area contributed by atoms with E-state index in [1.807, 2.05) is 0 Å². The largest absolute Gasteiger partial charge is 0.333 e. The van der Waals surface area contributed by atoms with Crippen LogP contribution in [0.15, 0.2) is 0 Å². The maximum Gasteiger partial charge on any atom is 0.270 e. The maximum absolute atomic E-state index is 11.8. The summed E-state index contributed by atoms with van der Waals surface area (Å²) in [5.74, 6) is 0.144. The van der Waals surface area contributed by atoms with Gasteiger partial charge in [-0.15, -0.1) is 0 Å². The Balaban J connectivity index is 3.94. The zero-order valence-corrected chi connectivity index (χ0v) is 17.1. The summed E-state index contributed by atoms with van der Waals surface area (Å²) < 4.78 is 23.0. The van der Waals surface area contributed by atoms with Gasteiger partial charge >= 0.3 is 0 Å². The predicted octanol–water partition coefficient (Wildman–Crippen LogP) is 3.52. The SMILES string of the molecule is CC(C)(CCCCC(=O)CCCCC(C)(C)P(N)(=O)O)P(N)(=O)O. The molecule has 2 unspecified atom stereocenters. The molecule has 2 atom stereocenters. The van der Waals surface area contributed by atoms with Gasteiger partial charge in [-0.1, -0.05) is 12.8 Å². The molecule has 24 heavy (non-hydrogen) atoms. The van der Waals surface area contributed by atoms with Gasteiger partial charge in [0.1, 0.15) is 5.78 Å². The van der Waals surface area contributed by atoms with E-state index in [1.165, 1.54) is 0 Å². The van der Waals surface area contributed by atoms with Gasteiger partial charge in [-0.3, -0.25) is 24.9 Å². The molecule has 0 spiro atoms. The molecule has 0 bridgehead atoms. The third-order valence-corrected chi connectivity index (χ3v) is 8.64. The second-order valence-corrected chi connectivity index (χ2v) is 12.7. The van der Waals surface area contributed by atoms with Crippen LogP contribution in [0.4, 0.5) is 0 Å². The molecule has 0 rings (SSSR count). The van der Waals surface area contributed by atoms with Gasteiger partial charge in [0.2, 0.25) is 0 Å². The van der Waals surface area contributed by atoms with Crippen molar-refractivity contribution in [1.82, 2.24) is 0 Å². The van der Waals surface area contributed by atoms with Crippen LogP contribution in [0.3, 0.4) is 0 Å². The van der Waals surface area contributed by atoms with Gasteiger partial charge in [-0.05, 0) is 53.4 Å². The Kier molecular flexibility index (Phi) is 9.05. The van der Waals surface area contributed by atoms with Gasteiger partial charge in [0.15, 0.2) is 0 Å². The zero-order valence-electron chi connectivity index (χ0n) is 15.3. The topological polar surface area (TPSA) is 144 Å². The fraction of sp³-hybridized carbons (Fsp3) is 0.933. The maximum atomic E-state index is 11.8. The molecule has 0 aliphatic carbocycles. The van der Waals surface area contributed by atoms with Crippen LogP contribution >= 0.6 is 15.0 Å². The summed E-state index contributed by atoms with van der Waals surface area (Å²) in [5.41, 5.74) is 10.6. The van der Waals surface area contributed by atoms with Gasteiger partial charge in [0.05, 0.1) is 10.3 Å².